The molecule has 0 bridgehead atoms. The molecule has 0 aliphatic carbocycles. The van der Waals surface area contributed by atoms with E-state index in [1.807, 2.05) is 0 Å². The SMILES string of the molecule is CC(C)=O.[AlH3].[Y]. The molecular formula is C3H9AlOY. The van der Waals surface area contributed by atoms with Gasteiger partial charge in [0.1, 0.15) is 5.78 Å². The first-order valence-corrected chi connectivity index (χ1v) is 1.20. The summed E-state index contributed by atoms with van der Waals surface area (Å²) in [7, 11) is 0. The van der Waals surface area contributed by atoms with Gasteiger partial charge in [-0.05, 0) is 13.8 Å². The van der Waals surface area contributed by atoms with Gasteiger partial charge in [0.05, 0.1) is 0 Å². The first-order chi connectivity index (χ1) is 1.73. The van der Waals surface area contributed by atoms with Crippen LogP contribution in [0.5, 0.6) is 0 Å². The average Bonchev–Trinajstić information content (AvgIpc) is 0.811. The van der Waals surface area contributed by atoms with Crippen molar-refractivity contribution >= 4 is 23.1 Å². The molecule has 0 aromatic heterocycles. The third-order valence-corrected chi connectivity index (χ3v) is 0. The van der Waals surface area contributed by atoms with Crippen LogP contribution in [-0.4, -0.2) is 23.1 Å². The summed E-state index contributed by atoms with van der Waals surface area (Å²) in [5.74, 6) is 0.167. The van der Waals surface area contributed by atoms with E-state index in [1.54, 1.807) is 0 Å². The van der Waals surface area contributed by atoms with Gasteiger partial charge in [-0.1, -0.05) is 0 Å². The molecule has 0 fully saturated rings. The van der Waals surface area contributed by atoms with Gasteiger partial charge >= 0.3 is 0 Å². The zero-order valence-electron chi connectivity index (χ0n) is 3.49. The van der Waals surface area contributed by atoms with Crippen LogP contribution in [0.1, 0.15) is 13.8 Å². The molecule has 0 saturated heterocycles. The van der Waals surface area contributed by atoms with Crippen molar-refractivity contribution in [1.82, 2.24) is 0 Å². The van der Waals surface area contributed by atoms with Crippen LogP contribution in [0, 0.1) is 0 Å². The van der Waals surface area contributed by atoms with E-state index in [2.05, 4.69) is 0 Å². The number of carbonyl (C=O) groups is 1. The second kappa shape index (κ2) is 9.58. The van der Waals surface area contributed by atoms with Crippen molar-refractivity contribution < 1.29 is 37.5 Å². The average molecular weight is 177 g/mol. The first kappa shape index (κ1) is 15.7. The van der Waals surface area contributed by atoms with Crippen LogP contribution >= 0.6 is 0 Å². The quantitative estimate of drug-likeness (QED) is 0.452. The third-order valence-electron chi connectivity index (χ3n) is 0. The Morgan fingerprint density at radius 2 is 1.33 bits per heavy atom. The Bertz CT molecular complexity index is 33.8. The predicted octanol–water partition coefficient (Wildman–Crippen LogP) is -0.591. The molecule has 0 aliphatic rings. The molecule has 1 nitrogen and oxygen atoms in total. The van der Waals surface area contributed by atoms with Gasteiger partial charge in [0.2, 0.25) is 0 Å². The van der Waals surface area contributed by atoms with Crippen molar-refractivity contribution in [3.8, 4) is 0 Å². The molecule has 0 unspecified atom stereocenters. The number of hydrogen-bond donors (Lipinski definition) is 0. The smallest absolute Gasteiger partial charge is 0.187 e. The Morgan fingerprint density at radius 3 is 1.33 bits per heavy atom. The van der Waals surface area contributed by atoms with Crippen LogP contribution < -0.4 is 0 Å². The molecular weight excluding hydrogens is 168 g/mol. The van der Waals surface area contributed by atoms with Crippen LogP contribution in [0.15, 0.2) is 0 Å². The predicted molar refractivity (Wildman–Crippen MR) is 26.3 cm³/mol. The van der Waals surface area contributed by atoms with E-state index in [0.717, 1.165) is 0 Å². The Hall–Kier alpha value is 1.31. The summed E-state index contributed by atoms with van der Waals surface area (Å²) in [6, 6.07) is 0. The summed E-state index contributed by atoms with van der Waals surface area (Å²) in [6.45, 7) is 3.06. The van der Waals surface area contributed by atoms with E-state index < -0.39 is 0 Å². The summed E-state index contributed by atoms with van der Waals surface area (Å²) in [5.41, 5.74) is 0. The Morgan fingerprint density at radius 1 is 1.33 bits per heavy atom. The van der Waals surface area contributed by atoms with E-state index >= 15 is 0 Å². The fourth-order valence-corrected chi connectivity index (χ4v) is 0. The molecule has 0 aromatic rings. The minimum atomic E-state index is 0. The monoisotopic (exact) mass is 177 g/mol. The minimum Gasteiger partial charge on any atom is -0.300 e. The molecule has 33 valence electrons. The zero-order chi connectivity index (χ0) is 3.58. The fourth-order valence-electron chi connectivity index (χ4n) is 0. The van der Waals surface area contributed by atoms with Crippen LogP contribution in [0.25, 0.3) is 0 Å². The molecule has 0 heterocycles. The Balaban J connectivity index is -0.0000000450. The summed E-state index contributed by atoms with van der Waals surface area (Å²) in [6.07, 6.45) is 0. The normalized spacial score (nSPS) is 4.33. The maximum Gasteiger partial charge on any atom is 0.187 e. The summed E-state index contributed by atoms with van der Waals surface area (Å²) >= 11 is 0. The minimum absolute atomic E-state index is 0. The van der Waals surface area contributed by atoms with Gasteiger partial charge in [-0.15, -0.1) is 0 Å². The van der Waals surface area contributed by atoms with Crippen LogP contribution in [0.4, 0.5) is 0 Å². The van der Waals surface area contributed by atoms with Gasteiger partial charge in [0.15, 0.2) is 17.4 Å². The van der Waals surface area contributed by atoms with E-state index in [9.17, 15) is 4.79 Å². The van der Waals surface area contributed by atoms with Gasteiger partial charge < -0.3 is 4.79 Å². The topological polar surface area (TPSA) is 17.1 Å². The van der Waals surface area contributed by atoms with Crippen molar-refractivity contribution in [3.63, 3.8) is 0 Å². The van der Waals surface area contributed by atoms with E-state index in [4.69, 9.17) is 0 Å². The van der Waals surface area contributed by atoms with Crippen molar-refractivity contribution in [2.45, 2.75) is 13.8 Å². The second-order valence-electron chi connectivity index (χ2n) is 0.908. The van der Waals surface area contributed by atoms with E-state index in [-0.39, 0.29) is 55.9 Å². The fraction of sp³-hybridized carbons (Fsp3) is 0.667. The van der Waals surface area contributed by atoms with Crippen molar-refractivity contribution in [2.75, 3.05) is 0 Å². The summed E-state index contributed by atoms with van der Waals surface area (Å²) < 4.78 is 0. The molecule has 0 aromatic carbocycles. The van der Waals surface area contributed by atoms with Gasteiger partial charge in [-0.2, -0.15) is 0 Å². The largest absolute Gasteiger partial charge is 0.300 e. The molecule has 0 N–H and O–H groups in total. The molecule has 0 aliphatic heterocycles. The number of carbonyl (C=O) groups excluding carboxylic acids is 1. The van der Waals surface area contributed by atoms with Crippen LogP contribution in [0.2, 0.25) is 0 Å². The molecule has 0 rings (SSSR count). The van der Waals surface area contributed by atoms with Crippen molar-refractivity contribution in [1.29, 1.82) is 0 Å². The molecule has 3 heteroatoms. The molecule has 0 amide bonds. The zero-order valence-corrected chi connectivity index (χ0v) is 6.32. The van der Waals surface area contributed by atoms with E-state index in [0.29, 0.717) is 0 Å². The molecule has 0 saturated carbocycles. The standard InChI is InChI=1S/C3H6O.Al.Y.3H/c1-3(2)4;;;;;/h1-2H3;;;;;. The van der Waals surface area contributed by atoms with Gasteiger partial charge in [0, 0.05) is 32.7 Å². The maximum absolute atomic E-state index is 9.44. The van der Waals surface area contributed by atoms with E-state index in [1.165, 1.54) is 13.8 Å². The van der Waals surface area contributed by atoms with Gasteiger partial charge in [-0.25, -0.2) is 0 Å². The number of hydrogen-bond acceptors (Lipinski definition) is 1. The molecule has 6 heavy (non-hydrogen) atoms. The number of Topliss-reactive ketones (excluding diaryl/α,β-unsaturated/α-hetero) is 1. The van der Waals surface area contributed by atoms with Crippen molar-refractivity contribution in [2.24, 2.45) is 0 Å². The number of rotatable bonds is 0. The second-order valence-corrected chi connectivity index (χ2v) is 0.908. The van der Waals surface area contributed by atoms with Crippen LogP contribution in [0.3, 0.4) is 0 Å². The van der Waals surface area contributed by atoms with Gasteiger partial charge in [-0.3, -0.25) is 0 Å². The van der Waals surface area contributed by atoms with Crippen LogP contribution in [-0.2, 0) is 37.5 Å². The summed E-state index contributed by atoms with van der Waals surface area (Å²) in [5, 5.41) is 0. The molecule has 0 atom stereocenters. The molecule has 0 spiro atoms. The first-order valence-electron chi connectivity index (χ1n) is 1.20. The molecule has 1 radical (unpaired) electrons. The maximum atomic E-state index is 9.44. The van der Waals surface area contributed by atoms with Gasteiger partial charge in [0.25, 0.3) is 0 Å². The van der Waals surface area contributed by atoms with Crippen molar-refractivity contribution in [3.05, 3.63) is 0 Å². The Labute approximate surface area is 73.9 Å². The summed E-state index contributed by atoms with van der Waals surface area (Å²) in [4.78, 5) is 9.44. The Kier molecular flexibility index (Phi) is 25.0. The third kappa shape index (κ3) is 57.7. The number of ketones is 1.